The fourth-order valence-electron chi connectivity index (χ4n) is 4.06. The maximum absolute atomic E-state index is 12.8. The van der Waals surface area contributed by atoms with E-state index in [9.17, 15) is 9.90 Å². The molecule has 0 aromatic heterocycles. The molecule has 0 spiro atoms. The lowest BCUT2D eigenvalue weighted by Crippen LogP contribution is -2.41. The lowest BCUT2D eigenvalue weighted by molar-refractivity contribution is -0.130. The van der Waals surface area contributed by atoms with Crippen molar-refractivity contribution < 1.29 is 19.4 Å². The minimum Gasteiger partial charge on any atom is -0.508 e. The number of fused-ring (bicyclic) bond motifs is 1. The normalized spacial score (nSPS) is 28.5. The molecule has 0 radical (unpaired) electrons. The summed E-state index contributed by atoms with van der Waals surface area (Å²) in [6, 6.07) is 3.47. The molecule has 0 fully saturated rings. The number of aromatic hydroxyl groups is 1. The zero-order valence-corrected chi connectivity index (χ0v) is 16.4. The summed E-state index contributed by atoms with van der Waals surface area (Å²) in [6.07, 6.45) is 6.43. The molecule has 4 nitrogen and oxygen atoms in total. The monoisotopic (exact) mass is 358 g/mol. The van der Waals surface area contributed by atoms with Crippen molar-refractivity contribution in [1.82, 2.24) is 0 Å². The molecule has 1 unspecified atom stereocenters. The molecule has 4 heteroatoms. The van der Waals surface area contributed by atoms with E-state index < -0.39 is 11.2 Å². The van der Waals surface area contributed by atoms with E-state index in [2.05, 4.69) is 13.0 Å². The number of ether oxygens (including phenoxy) is 2. The Morgan fingerprint density at radius 1 is 1.15 bits per heavy atom. The van der Waals surface area contributed by atoms with E-state index in [-0.39, 0.29) is 11.5 Å². The first kappa shape index (κ1) is 19.0. The van der Waals surface area contributed by atoms with Gasteiger partial charge in [-0.1, -0.05) is 11.6 Å². The quantitative estimate of drug-likeness (QED) is 0.796. The third-order valence-corrected chi connectivity index (χ3v) is 5.56. The minimum absolute atomic E-state index is 0.189. The van der Waals surface area contributed by atoms with Gasteiger partial charge in [0.25, 0.3) is 0 Å². The van der Waals surface area contributed by atoms with Crippen molar-refractivity contribution in [3.05, 3.63) is 34.9 Å². The third kappa shape index (κ3) is 4.29. The number of carbonyl (C=O) groups is 1. The van der Waals surface area contributed by atoms with E-state index in [4.69, 9.17) is 9.47 Å². The highest BCUT2D eigenvalue weighted by atomic mass is 16.5. The number of hydrogen-bond acceptors (Lipinski definition) is 4. The van der Waals surface area contributed by atoms with Gasteiger partial charge in [0.15, 0.2) is 0 Å². The smallest absolute Gasteiger partial charge is 0.139 e. The molecule has 0 aliphatic carbocycles. The van der Waals surface area contributed by atoms with Crippen molar-refractivity contribution in [2.45, 2.75) is 77.4 Å². The van der Waals surface area contributed by atoms with Gasteiger partial charge in [0.1, 0.15) is 22.9 Å². The molecular formula is C22H30O4. The van der Waals surface area contributed by atoms with E-state index in [1.165, 1.54) is 5.57 Å². The first-order chi connectivity index (χ1) is 12.2. The lowest BCUT2D eigenvalue weighted by Gasteiger charge is -2.37. The molecular weight excluding hydrogens is 328 g/mol. The van der Waals surface area contributed by atoms with Crippen LogP contribution in [0.5, 0.6) is 11.5 Å². The molecule has 0 saturated heterocycles. The van der Waals surface area contributed by atoms with E-state index in [1.54, 1.807) is 12.1 Å². The summed E-state index contributed by atoms with van der Waals surface area (Å²) in [5.41, 5.74) is 2.28. The molecule has 1 aromatic carbocycles. The Labute approximate surface area is 156 Å². The molecule has 0 saturated carbocycles. The summed E-state index contributed by atoms with van der Waals surface area (Å²) < 4.78 is 12.3. The van der Waals surface area contributed by atoms with Gasteiger partial charge in [-0.25, -0.2) is 0 Å². The molecule has 2 aliphatic rings. The van der Waals surface area contributed by atoms with Crippen molar-refractivity contribution in [1.29, 1.82) is 0 Å². The molecule has 2 heterocycles. The third-order valence-electron chi connectivity index (χ3n) is 5.56. The first-order valence-electron chi connectivity index (χ1n) is 9.51. The number of phenols is 1. The number of rotatable bonds is 4. The van der Waals surface area contributed by atoms with Gasteiger partial charge in [0.05, 0.1) is 12.2 Å². The van der Waals surface area contributed by atoms with E-state index in [0.29, 0.717) is 19.4 Å². The predicted molar refractivity (Wildman–Crippen MR) is 102 cm³/mol. The van der Waals surface area contributed by atoms with Crippen LogP contribution in [0, 0.1) is 6.92 Å². The van der Waals surface area contributed by atoms with Crippen LogP contribution in [-0.4, -0.2) is 28.7 Å². The zero-order valence-electron chi connectivity index (χ0n) is 16.4. The molecule has 1 N–H and O–H groups in total. The van der Waals surface area contributed by atoms with Gasteiger partial charge in [-0.05, 0) is 76.6 Å². The van der Waals surface area contributed by atoms with E-state index in [1.807, 2.05) is 20.8 Å². The van der Waals surface area contributed by atoms with Gasteiger partial charge < -0.3 is 14.6 Å². The summed E-state index contributed by atoms with van der Waals surface area (Å²) >= 11 is 0. The molecule has 2 atom stereocenters. The summed E-state index contributed by atoms with van der Waals surface area (Å²) in [5, 5.41) is 9.77. The second-order valence-corrected chi connectivity index (χ2v) is 8.52. The fraction of sp³-hybridized carbons (Fsp3) is 0.591. The summed E-state index contributed by atoms with van der Waals surface area (Å²) in [7, 11) is 0. The topological polar surface area (TPSA) is 55.8 Å². The van der Waals surface area contributed by atoms with Crippen LogP contribution in [0.4, 0.5) is 0 Å². The van der Waals surface area contributed by atoms with Crippen LogP contribution in [0.1, 0.15) is 64.0 Å². The van der Waals surface area contributed by atoms with Crippen molar-refractivity contribution in [2.75, 3.05) is 6.61 Å². The first-order valence-corrected chi connectivity index (χ1v) is 9.51. The number of allylic oxidation sites excluding steroid dienone is 1. The largest absolute Gasteiger partial charge is 0.508 e. The number of aryl methyl sites for hydroxylation is 2. The average molecular weight is 358 g/mol. The van der Waals surface area contributed by atoms with Gasteiger partial charge in [-0.3, -0.25) is 4.79 Å². The fourth-order valence-corrected chi connectivity index (χ4v) is 4.06. The van der Waals surface area contributed by atoms with E-state index >= 15 is 0 Å². The summed E-state index contributed by atoms with van der Waals surface area (Å²) in [4.78, 5) is 12.8. The van der Waals surface area contributed by atoms with Crippen LogP contribution in [0.2, 0.25) is 0 Å². The van der Waals surface area contributed by atoms with Crippen molar-refractivity contribution in [3.8, 4) is 11.5 Å². The zero-order chi connectivity index (χ0) is 18.9. The van der Waals surface area contributed by atoms with Gasteiger partial charge >= 0.3 is 0 Å². The second-order valence-electron chi connectivity index (χ2n) is 8.52. The van der Waals surface area contributed by atoms with Crippen molar-refractivity contribution in [3.63, 3.8) is 0 Å². The highest BCUT2D eigenvalue weighted by Crippen LogP contribution is 2.40. The minimum atomic E-state index is -0.499. The molecule has 2 aliphatic heterocycles. The molecule has 0 bridgehead atoms. The Morgan fingerprint density at radius 2 is 1.88 bits per heavy atom. The summed E-state index contributed by atoms with van der Waals surface area (Å²) in [6.45, 7) is 8.67. The SMILES string of the molecule is CC1=CCCC(C)(CC(=O)C[C@]2(C)CCc3cc(O)cc(C)c3O2)OC1. The highest BCUT2D eigenvalue weighted by Gasteiger charge is 2.37. The Morgan fingerprint density at radius 3 is 2.65 bits per heavy atom. The predicted octanol–water partition coefficient (Wildman–Crippen LogP) is 4.65. The Bertz CT molecular complexity index is 736. The average Bonchev–Trinajstić information content (AvgIpc) is 2.69. The number of Topliss-reactive ketones (excluding diaryl/α,β-unsaturated/α-hetero) is 1. The molecule has 1 aromatic rings. The standard InChI is InChI=1S/C22H30O4/c1-15-6-5-8-21(3,25-14-15)12-19(24)13-22(4)9-7-17-11-18(23)10-16(2)20(17)26-22/h6,10-11,23H,5,7-9,12-14H2,1-4H3/t21?,22-/m0/s1. The molecule has 26 heavy (non-hydrogen) atoms. The Balaban J connectivity index is 1.66. The van der Waals surface area contributed by atoms with Crippen LogP contribution in [0.3, 0.4) is 0 Å². The molecule has 142 valence electrons. The number of carbonyl (C=O) groups excluding carboxylic acids is 1. The second kappa shape index (κ2) is 7.07. The Kier molecular flexibility index (Phi) is 5.16. The number of hydrogen-bond donors (Lipinski definition) is 1. The van der Waals surface area contributed by atoms with Crippen LogP contribution >= 0.6 is 0 Å². The number of phenolic OH excluding ortho intramolecular Hbond substituents is 1. The number of ketones is 1. The van der Waals surface area contributed by atoms with E-state index in [0.717, 1.165) is 42.6 Å². The molecule has 0 amide bonds. The van der Waals surface area contributed by atoms with Gasteiger partial charge in [0.2, 0.25) is 0 Å². The van der Waals surface area contributed by atoms with Gasteiger partial charge in [-0.15, -0.1) is 0 Å². The lowest BCUT2D eigenvalue weighted by atomic mass is 9.84. The maximum Gasteiger partial charge on any atom is 0.139 e. The van der Waals surface area contributed by atoms with Crippen LogP contribution in [0.25, 0.3) is 0 Å². The van der Waals surface area contributed by atoms with Crippen LogP contribution in [-0.2, 0) is 16.0 Å². The van der Waals surface area contributed by atoms with Gasteiger partial charge in [0, 0.05) is 12.8 Å². The van der Waals surface area contributed by atoms with Crippen LogP contribution in [0.15, 0.2) is 23.8 Å². The summed E-state index contributed by atoms with van der Waals surface area (Å²) in [5.74, 6) is 1.28. The maximum atomic E-state index is 12.8. The van der Waals surface area contributed by atoms with Crippen molar-refractivity contribution in [2.24, 2.45) is 0 Å². The van der Waals surface area contributed by atoms with Crippen LogP contribution < -0.4 is 4.74 Å². The van der Waals surface area contributed by atoms with Crippen molar-refractivity contribution >= 4 is 5.78 Å². The number of benzene rings is 1. The Hall–Kier alpha value is -1.81. The molecule has 3 rings (SSSR count). The van der Waals surface area contributed by atoms with Gasteiger partial charge in [-0.2, -0.15) is 0 Å². The highest BCUT2D eigenvalue weighted by molar-refractivity contribution is 5.80.